The topological polar surface area (TPSA) is 189 Å². The summed E-state index contributed by atoms with van der Waals surface area (Å²) in [5, 5.41) is 42.5. The van der Waals surface area contributed by atoms with Crippen molar-refractivity contribution in [2.75, 3.05) is 13.6 Å². The Morgan fingerprint density at radius 3 is 2.43 bits per heavy atom. The van der Waals surface area contributed by atoms with Gasteiger partial charge in [-0.1, -0.05) is 36.4 Å². The molecule has 6 rings (SSSR count). The van der Waals surface area contributed by atoms with Crippen LogP contribution >= 0.6 is 0 Å². The number of carboxylic acid groups (broad SMARTS) is 1. The molecule has 1 saturated heterocycles. The number of hydrogen-bond donors (Lipinski definition) is 4. The Kier molecular flexibility index (Phi) is 7.72. The fourth-order valence-corrected chi connectivity index (χ4v) is 7.23. The third-order valence-corrected chi connectivity index (χ3v) is 9.36. The molecule has 7 atom stereocenters. The molecular formula is C31H28F3NO12. The Bertz CT molecular complexity index is 1680. The number of halogens is 3. The predicted molar refractivity (Wildman–Crippen MR) is 148 cm³/mol. The van der Waals surface area contributed by atoms with Gasteiger partial charge in [0.1, 0.15) is 5.76 Å². The first-order valence-corrected chi connectivity index (χ1v) is 14.4. The van der Waals surface area contributed by atoms with Crippen molar-refractivity contribution in [2.45, 2.75) is 66.9 Å². The van der Waals surface area contributed by atoms with Crippen LogP contribution in [0.5, 0.6) is 11.5 Å². The smallest absolute Gasteiger partial charge is 0.490 e. The third kappa shape index (κ3) is 4.98. The maximum absolute atomic E-state index is 13.7. The second kappa shape index (κ2) is 11.2. The molecule has 0 unspecified atom stereocenters. The number of esters is 3. The van der Waals surface area contributed by atoms with E-state index in [2.05, 4.69) is 4.74 Å². The van der Waals surface area contributed by atoms with Gasteiger partial charge in [-0.2, -0.15) is 13.2 Å². The van der Waals surface area contributed by atoms with E-state index in [4.69, 9.17) is 14.2 Å². The SMILES string of the molecule is CN1CC[C@]23c4c5ccc(O)c4O[C@H]2C(OC(=O)[C@@H](OC(=O)[C@H](O)[C@@H](OC(=O)C(F)(F)F)C(=O)O)c2ccccc2)=CC[C@@]3(O)[C@H]1C5. The van der Waals surface area contributed by atoms with Gasteiger partial charge in [0.25, 0.3) is 0 Å². The molecular weight excluding hydrogens is 635 g/mol. The zero-order chi connectivity index (χ0) is 34.1. The van der Waals surface area contributed by atoms with Crippen molar-refractivity contribution in [1.82, 2.24) is 4.90 Å². The number of carboxylic acids is 1. The standard InChI is InChI=1S/C31H28F3NO12/c1-35-12-11-29-19-15-7-8-16(36)22(19)45-24(29)17(9-10-30(29,43)18(35)13-15)44-27(41)21(14-5-3-2-4-6-14)46-26(40)20(37)23(25(38)39)47-28(42)31(32,33)34/h2-9,18,20-21,23-24,36-37,43H,10-13H2,1H3,(H,38,39)/t18-,20-,21+,23-,24+,29+,30-/m1/s1. The minimum Gasteiger partial charge on any atom is -0.504 e. The van der Waals surface area contributed by atoms with Gasteiger partial charge >= 0.3 is 30.1 Å². The van der Waals surface area contributed by atoms with Crippen molar-refractivity contribution in [3.8, 4) is 11.5 Å². The molecule has 2 aliphatic heterocycles. The molecule has 2 aromatic rings. The van der Waals surface area contributed by atoms with Gasteiger partial charge in [-0.25, -0.2) is 19.2 Å². The maximum atomic E-state index is 13.7. The van der Waals surface area contributed by atoms with Crippen molar-refractivity contribution < 1.29 is 71.7 Å². The lowest BCUT2D eigenvalue weighted by atomic mass is 9.50. The zero-order valence-electron chi connectivity index (χ0n) is 24.5. The number of ether oxygens (including phenoxy) is 4. The number of likely N-dealkylation sites (N-methyl/N-ethyl adjacent to an activating group) is 1. The average molecular weight is 664 g/mol. The number of hydrogen-bond acceptors (Lipinski definition) is 12. The first-order chi connectivity index (χ1) is 22.1. The second-order valence-electron chi connectivity index (χ2n) is 11.9. The number of alkyl halides is 3. The van der Waals surface area contributed by atoms with Crippen LogP contribution in [0.2, 0.25) is 0 Å². The molecule has 2 aromatic carbocycles. The zero-order valence-corrected chi connectivity index (χ0v) is 24.5. The summed E-state index contributed by atoms with van der Waals surface area (Å²) in [4.78, 5) is 51.4. The van der Waals surface area contributed by atoms with E-state index >= 15 is 0 Å². The molecule has 13 nitrogen and oxygen atoms in total. The Labute approximate surface area is 263 Å². The molecule has 0 radical (unpaired) electrons. The number of aromatic hydroxyl groups is 1. The van der Waals surface area contributed by atoms with E-state index in [1.54, 1.807) is 12.1 Å². The summed E-state index contributed by atoms with van der Waals surface area (Å²) in [5.74, 6) is -8.57. The summed E-state index contributed by atoms with van der Waals surface area (Å²) >= 11 is 0. The lowest BCUT2D eigenvalue weighted by Crippen LogP contribution is -2.74. The highest BCUT2D eigenvalue weighted by atomic mass is 19.4. The fraction of sp³-hybridized carbons (Fsp3) is 0.419. The molecule has 2 bridgehead atoms. The van der Waals surface area contributed by atoms with Gasteiger partial charge in [0.15, 0.2) is 23.7 Å². The number of aliphatic hydroxyl groups excluding tert-OH is 1. The lowest BCUT2D eigenvalue weighted by molar-refractivity contribution is -0.214. The van der Waals surface area contributed by atoms with Crippen LogP contribution in [0.1, 0.15) is 35.6 Å². The fourth-order valence-electron chi connectivity index (χ4n) is 7.23. The number of carbonyl (C=O) groups is 4. The number of likely N-dealkylation sites (tertiary alicyclic amines) is 1. The van der Waals surface area contributed by atoms with Crippen LogP contribution in [0.25, 0.3) is 0 Å². The number of nitrogens with zero attached hydrogens (tertiary/aromatic N) is 1. The average Bonchev–Trinajstić information content (AvgIpc) is 3.38. The summed E-state index contributed by atoms with van der Waals surface area (Å²) in [6, 6.07) is 9.99. The first kappa shape index (κ1) is 32.3. The van der Waals surface area contributed by atoms with Gasteiger partial charge in [0, 0.05) is 23.6 Å². The minimum absolute atomic E-state index is 0.0123. The summed E-state index contributed by atoms with van der Waals surface area (Å²) in [5.41, 5.74) is -1.10. The summed E-state index contributed by atoms with van der Waals surface area (Å²) in [6.07, 6.45) is -12.5. The van der Waals surface area contributed by atoms with E-state index in [-0.39, 0.29) is 35.3 Å². The molecule has 4 N–H and O–H groups in total. The highest BCUT2D eigenvalue weighted by Crippen LogP contribution is 2.65. The van der Waals surface area contributed by atoms with Crippen molar-refractivity contribution >= 4 is 23.9 Å². The highest BCUT2D eigenvalue weighted by molar-refractivity contribution is 5.89. The van der Waals surface area contributed by atoms with E-state index in [9.17, 15) is 52.8 Å². The molecule has 1 spiro atoms. The largest absolute Gasteiger partial charge is 0.504 e. The Hall–Kier alpha value is -4.67. The number of phenolic OH excluding ortho intramolecular Hbond substituents is 1. The predicted octanol–water partition coefficient (Wildman–Crippen LogP) is 1.42. The van der Waals surface area contributed by atoms with Crippen LogP contribution < -0.4 is 4.74 Å². The van der Waals surface area contributed by atoms with E-state index in [0.29, 0.717) is 24.9 Å². The molecule has 4 aliphatic rings. The van der Waals surface area contributed by atoms with Gasteiger partial charge in [-0.15, -0.1) is 0 Å². The molecule has 47 heavy (non-hydrogen) atoms. The van der Waals surface area contributed by atoms with E-state index in [0.717, 1.165) is 5.56 Å². The van der Waals surface area contributed by atoms with Crippen LogP contribution in [0.15, 0.2) is 54.3 Å². The number of phenols is 1. The van der Waals surface area contributed by atoms with Gasteiger partial charge in [0.05, 0.1) is 11.0 Å². The van der Waals surface area contributed by atoms with Crippen LogP contribution in [-0.2, 0) is 45.2 Å². The van der Waals surface area contributed by atoms with Gasteiger partial charge in [0.2, 0.25) is 12.2 Å². The summed E-state index contributed by atoms with van der Waals surface area (Å²) < 4.78 is 58.9. The van der Waals surface area contributed by atoms with Gasteiger partial charge in [-0.3, -0.25) is 0 Å². The van der Waals surface area contributed by atoms with Crippen molar-refractivity contribution in [3.63, 3.8) is 0 Å². The molecule has 16 heteroatoms. The molecule has 250 valence electrons. The molecule has 1 fully saturated rings. The minimum atomic E-state index is -5.64. The summed E-state index contributed by atoms with van der Waals surface area (Å²) in [7, 11) is 1.89. The third-order valence-electron chi connectivity index (χ3n) is 9.36. The molecule has 2 aliphatic carbocycles. The Balaban J connectivity index is 1.30. The van der Waals surface area contributed by atoms with Crippen molar-refractivity contribution in [1.29, 1.82) is 0 Å². The van der Waals surface area contributed by atoms with Crippen LogP contribution in [-0.4, -0.2) is 98.9 Å². The number of aliphatic hydroxyl groups is 2. The Morgan fingerprint density at radius 2 is 1.77 bits per heavy atom. The van der Waals surface area contributed by atoms with Gasteiger partial charge < -0.3 is 44.3 Å². The Morgan fingerprint density at radius 1 is 1.06 bits per heavy atom. The lowest BCUT2D eigenvalue weighted by Gasteiger charge is -2.61. The number of rotatable bonds is 8. The molecule has 0 aromatic heterocycles. The monoisotopic (exact) mass is 663 g/mol. The van der Waals surface area contributed by atoms with Crippen LogP contribution in [0, 0.1) is 0 Å². The highest BCUT2D eigenvalue weighted by Gasteiger charge is 2.72. The second-order valence-corrected chi connectivity index (χ2v) is 11.9. The maximum Gasteiger partial charge on any atom is 0.490 e. The normalized spacial score (nSPS) is 27.7. The first-order valence-electron chi connectivity index (χ1n) is 14.4. The quantitative estimate of drug-likeness (QED) is 0.235. The van der Waals surface area contributed by atoms with Crippen LogP contribution in [0.3, 0.4) is 0 Å². The summed E-state index contributed by atoms with van der Waals surface area (Å²) in [6.45, 7) is 0.536. The van der Waals surface area contributed by atoms with E-state index < -0.39 is 65.5 Å². The number of aliphatic carboxylic acids is 1. The van der Waals surface area contributed by atoms with Gasteiger partial charge in [-0.05, 0) is 44.1 Å². The number of carbonyl (C=O) groups excluding carboxylic acids is 3. The molecule has 0 amide bonds. The molecule has 2 heterocycles. The van der Waals surface area contributed by atoms with E-state index in [1.807, 2.05) is 11.9 Å². The number of piperidine rings is 1. The van der Waals surface area contributed by atoms with Crippen molar-refractivity contribution in [3.05, 3.63) is 71.0 Å². The number of benzene rings is 2. The van der Waals surface area contributed by atoms with Crippen molar-refractivity contribution in [2.24, 2.45) is 0 Å². The van der Waals surface area contributed by atoms with Crippen LogP contribution in [0.4, 0.5) is 13.2 Å². The molecule has 0 saturated carbocycles. The van der Waals surface area contributed by atoms with E-state index in [1.165, 1.54) is 36.4 Å².